The summed E-state index contributed by atoms with van der Waals surface area (Å²) in [5.74, 6) is -0.559. The van der Waals surface area contributed by atoms with Crippen LogP contribution in [-0.2, 0) is 20.8 Å². The molecule has 0 spiro atoms. The molecule has 0 heterocycles. The van der Waals surface area contributed by atoms with Gasteiger partial charge in [0.25, 0.3) is 5.91 Å². The lowest BCUT2D eigenvalue weighted by atomic mass is 10.1. The fraction of sp³-hybridized carbons (Fsp3) is 0.333. The van der Waals surface area contributed by atoms with Gasteiger partial charge in [0.2, 0.25) is 5.91 Å². The van der Waals surface area contributed by atoms with E-state index in [1.54, 1.807) is 6.92 Å². The van der Waals surface area contributed by atoms with Gasteiger partial charge in [0.15, 0.2) is 0 Å². The van der Waals surface area contributed by atoms with Crippen LogP contribution in [0.15, 0.2) is 30.3 Å². The van der Waals surface area contributed by atoms with Gasteiger partial charge in [-0.15, -0.1) is 0 Å². The van der Waals surface area contributed by atoms with E-state index in [2.05, 4.69) is 10.8 Å². The predicted molar refractivity (Wildman–Crippen MR) is 62.9 cm³/mol. The molecule has 0 bridgehead atoms. The molecule has 17 heavy (non-hydrogen) atoms. The highest BCUT2D eigenvalue weighted by Crippen LogP contribution is 1.98. The topological polar surface area (TPSA) is 67.4 Å². The minimum Gasteiger partial charge on any atom is -0.347 e. The summed E-state index contributed by atoms with van der Waals surface area (Å²) in [6.07, 6.45) is 0.267. The molecule has 2 N–H and O–H groups in total. The molecule has 2 amide bonds. The fourth-order valence-electron chi connectivity index (χ4n) is 1.21. The van der Waals surface area contributed by atoms with Crippen LogP contribution in [0.1, 0.15) is 12.5 Å². The molecule has 0 aliphatic rings. The van der Waals surface area contributed by atoms with Crippen LogP contribution in [0.4, 0.5) is 0 Å². The molecule has 0 radical (unpaired) electrons. The molecule has 0 aliphatic heterocycles. The first-order valence-electron chi connectivity index (χ1n) is 5.43. The summed E-state index contributed by atoms with van der Waals surface area (Å²) in [7, 11) is 0. The molecule has 0 aromatic heterocycles. The Hall–Kier alpha value is -1.88. The third-order valence-electron chi connectivity index (χ3n) is 1.98. The molecular formula is C12H16N2O3. The Kier molecular flexibility index (Phi) is 5.74. The van der Waals surface area contributed by atoms with Gasteiger partial charge in [-0.05, 0) is 12.5 Å². The smallest absolute Gasteiger partial charge is 0.262 e. The van der Waals surface area contributed by atoms with E-state index >= 15 is 0 Å². The van der Waals surface area contributed by atoms with Crippen molar-refractivity contribution in [3.05, 3.63) is 35.9 Å². The van der Waals surface area contributed by atoms with Crippen LogP contribution in [0, 0.1) is 0 Å². The van der Waals surface area contributed by atoms with E-state index < -0.39 is 0 Å². The largest absolute Gasteiger partial charge is 0.347 e. The summed E-state index contributed by atoms with van der Waals surface area (Å²) in [6.45, 7) is 2.07. The first-order chi connectivity index (χ1) is 8.22. The monoisotopic (exact) mass is 236 g/mol. The number of hydroxylamine groups is 1. The zero-order chi connectivity index (χ0) is 12.5. The number of hydrogen-bond acceptors (Lipinski definition) is 3. The summed E-state index contributed by atoms with van der Waals surface area (Å²) in [5.41, 5.74) is 3.11. The molecule has 0 saturated heterocycles. The van der Waals surface area contributed by atoms with Gasteiger partial charge in [0, 0.05) is 0 Å². The van der Waals surface area contributed by atoms with Crippen molar-refractivity contribution < 1.29 is 14.4 Å². The molecule has 0 fully saturated rings. The number of benzene rings is 1. The lowest BCUT2D eigenvalue weighted by Crippen LogP contribution is -2.37. The summed E-state index contributed by atoms with van der Waals surface area (Å²) in [5, 5.41) is 2.51. The van der Waals surface area contributed by atoms with Crippen molar-refractivity contribution in [2.24, 2.45) is 0 Å². The average molecular weight is 236 g/mol. The molecule has 1 aromatic carbocycles. The van der Waals surface area contributed by atoms with Gasteiger partial charge in [0.05, 0.1) is 19.6 Å². The van der Waals surface area contributed by atoms with E-state index in [0.717, 1.165) is 5.56 Å². The zero-order valence-electron chi connectivity index (χ0n) is 9.73. The van der Waals surface area contributed by atoms with Gasteiger partial charge >= 0.3 is 0 Å². The highest BCUT2D eigenvalue weighted by Gasteiger charge is 2.05. The van der Waals surface area contributed by atoms with Gasteiger partial charge in [-0.3, -0.25) is 14.4 Å². The number of nitrogens with one attached hydrogen (secondary N) is 2. The predicted octanol–water partition coefficient (Wildman–Crippen LogP) is 0.413. The third-order valence-corrected chi connectivity index (χ3v) is 1.98. The van der Waals surface area contributed by atoms with Crippen molar-refractivity contribution in [2.75, 3.05) is 13.2 Å². The van der Waals surface area contributed by atoms with Crippen molar-refractivity contribution in [3.63, 3.8) is 0 Å². The second kappa shape index (κ2) is 7.40. The Morgan fingerprint density at radius 3 is 2.53 bits per heavy atom. The van der Waals surface area contributed by atoms with E-state index in [1.807, 2.05) is 30.3 Å². The maximum Gasteiger partial charge on any atom is 0.262 e. The molecule has 5 heteroatoms. The lowest BCUT2D eigenvalue weighted by Gasteiger charge is -2.06. The minimum absolute atomic E-state index is 0.0777. The number of rotatable bonds is 6. The van der Waals surface area contributed by atoms with E-state index in [9.17, 15) is 9.59 Å². The minimum atomic E-state index is -0.367. The van der Waals surface area contributed by atoms with Crippen LogP contribution in [0.3, 0.4) is 0 Å². The SMILES string of the molecule is CCONC(=O)CNC(=O)Cc1ccccc1. The summed E-state index contributed by atoms with van der Waals surface area (Å²) < 4.78 is 0. The molecule has 1 rings (SSSR count). The normalized spacial score (nSPS) is 9.71. The van der Waals surface area contributed by atoms with Crippen molar-refractivity contribution >= 4 is 11.8 Å². The van der Waals surface area contributed by atoms with Gasteiger partial charge in [0.1, 0.15) is 0 Å². The van der Waals surface area contributed by atoms with Gasteiger partial charge < -0.3 is 5.32 Å². The Labute approximate surface area is 100 Å². The van der Waals surface area contributed by atoms with E-state index in [-0.39, 0.29) is 24.8 Å². The third kappa shape index (κ3) is 5.67. The highest BCUT2D eigenvalue weighted by atomic mass is 16.6. The van der Waals surface area contributed by atoms with Crippen LogP contribution in [0.2, 0.25) is 0 Å². The second-order valence-corrected chi connectivity index (χ2v) is 3.40. The van der Waals surface area contributed by atoms with Crippen LogP contribution >= 0.6 is 0 Å². The molecule has 0 aliphatic carbocycles. The van der Waals surface area contributed by atoms with Crippen molar-refractivity contribution in [1.82, 2.24) is 10.8 Å². The number of carbonyl (C=O) groups is 2. The first-order valence-corrected chi connectivity index (χ1v) is 5.43. The van der Waals surface area contributed by atoms with E-state index in [0.29, 0.717) is 6.61 Å². The Morgan fingerprint density at radius 1 is 1.18 bits per heavy atom. The highest BCUT2D eigenvalue weighted by molar-refractivity contribution is 5.85. The lowest BCUT2D eigenvalue weighted by molar-refractivity contribution is -0.134. The maximum atomic E-state index is 11.5. The Bertz CT molecular complexity index is 365. The Morgan fingerprint density at radius 2 is 1.88 bits per heavy atom. The molecule has 0 unspecified atom stereocenters. The quantitative estimate of drug-likeness (QED) is 0.703. The fourth-order valence-corrected chi connectivity index (χ4v) is 1.21. The van der Waals surface area contributed by atoms with Gasteiger partial charge in [-0.1, -0.05) is 30.3 Å². The molecule has 0 atom stereocenters. The van der Waals surface area contributed by atoms with Crippen LogP contribution < -0.4 is 10.8 Å². The average Bonchev–Trinajstić information content (AvgIpc) is 2.35. The van der Waals surface area contributed by atoms with Gasteiger partial charge in [-0.25, -0.2) is 5.48 Å². The molecule has 5 nitrogen and oxygen atoms in total. The summed E-state index contributed by atoms with van der Waals surface area (Å²) in [6, 6.07) is 9.34. The first kappa shape index (κ1) is 13.2. The standard InChI is InChI=1S/C12H16N2O3/c1-2-17-14-12(16)9-13-11(15)8-10-6-4-3-5-7-10/h3-7H,2,8-9H2,1H3,(H,13,15)(H,14,16). The van der Waals surface area contributed by atoms with E-state index in [4.69, 9.17) is 4.84 Å². The van der Waals surface area contributed by atoms with Crippen molar-refractivity contribution in [3.8, 4) is 0 Å². The van der Waals surface area contributed by atoms with Crippen molar-refractivity contribution in [2.45, 2.75) is 13.3 Å². The van der Waals surface area contributed by atoms with E-state index in [1.165, 1.54) is 0 Å². The number of hydrogen-bond donors (Lipinski definition) is 2. The molecule has 92 valence electrons. The van der Waals surface area contributed by atoms with Crippen molar-refractivity contribution in [1.29, 1.82) is 0 Å². The summed E-state index contributed by atoms with van der Waals surface area (Å²) in [4.78, 5) is 27.3. The van der Waals surface area contributed by atoms with Crippen LogP contribution in [0.5, 0.6) is 0 Å². The number of carbonyl (C=O) groups excluding carboxylic acids is 2. The molecular weight excluding hydrogens is 220 g/mol. The second-order valence-electron chi connectivity index (χ2n) is 3.40. The molecule has 0 saturated carbocycles. The Balaban J connectivity index is 2.24. The van der Waals surface area contributed by atoms with Crippen LogP contribution in [-0.4, -0.2) is 25.0 Å². The maximum absolute atomic E-state index is 11.5. The van der Waals surface area contributed by atoms with Crippen LogP contribution in [0.25, 0.3) is 0 Å². The zero-order valence-corrected chi connectivity index (χ0v) is 9.73. The van der Waals surface area contributed by atoms with Gasteiger partial charge in [-0.2, -0.15) is 0 Å². The number of amides is 2. The summed E-state index contributed by atoms with van der Waals surface area (Å²) >= 11 is 0. The molecule has 1 aromatic rings.